The molecule has 2 N–H and O–H groups in total. The van der Waals surface area contributed by atoms with Crippen molar-refractivity contribution in [2.24, 2.45) is 0 Å². The van der Waals surface area contributed by atoms with Crippen LogP contribution in [0.4, 0.5) is 11.8 Å². The second-order valence-corrected chi connectivity index (χ2v) is 7.31. The zero-order valence-corrected chi connectivity index (χ0v) is 15.3. The van der Waals surface area contributed by atoms with Gasteiger partial charge in [0.25, 0.3) is 5.91 Å². The van der Waals surface area contributed by atoms with E-state index in [9.17, 15) is 4.79 Å². The fourth-order valence-corrected chi connectivity index (χ4v) is 3.22. The number of aromatic nitrogens is 2. The van der Waals surface area contributed by atoms with Crippen LogP contribution in [-0.4, -0.2) is 45.9 Å². The Bertz CT molecular complexity index is 783. The summed E-state index contributed by atoms with van der Waals surface area (Å²) in [6, 6.07) is 4.24. The minimum absolute atomic E-state index is 0.0620. The van der Waals surface area contributed by atoms with Crippen molar-refractivity contribution in [2.45, 2.75) is 51.6 Å². The smallest absolute Gasteiger partial charge is 0.289 e. The van der Waals surface area contributed by atoms with Crippen molar-refractivity contribution < 1.29 is 9.21 Å². The number of furan rings is 1. The van der Waals surface area contributed by atoms with E-state index in [1.54, 1.807) is 12.1 Å². The molecule has 0 saturated heterocycles. The number of nitrogens with zero attached hydrogens (tertiary/aromatic N) is 3. The molecular weight excluding hydrogens is 330 g/mol. The number of anilines is 2. The first kappa shape index (κ1) is 16.9. The van der Waals surface area contributed by atoms with E-state index in [0.29, 0.717) is 30.8 Å². The van der Waals surface area contributed by atoms with Crippen LogP contribution in [0.3, 0.4) is 0 Å². The molecule has 1 aliphatic heterocycles. The third kappa shape index (κ3) is 3.66. The van der Waals surface area contributed by atoms with E-state index >= 15 is 0 Å². The van der Waals surface area contributed by atoms with Gasteiger partial charge in [0.1, 0.15) is 5.82 Å². The van der Waals surface area contributed by atoms with Gasteiger partial charge < -0.3 is 20.0 Å². The van der Waals surface area contributed by atoms with Crippen LogP contribution in [0.15, 0.2) is 22.8 Å². The second kappa shape index (κ2) is 6.97. The van der Waals surface area contributed by atoms with Crippen LogP contribution in [0.2, 0.25) is 0 Å². The molecule has 4 rings (SSSR count). The van der Waals surface area contributed by atoms with Gasteiger partial charge in [-0.3, -0.25) is 4.79 Å². The Labute approximate surface area is 153 Å². The fraction of sp³-hybridized carbons (Fsp3) is 0.526. The van der Waals surface area contributed by atoms with Crippen molar-refractivity contribution in [3.05, 3.63) is 35.4 Å². The van der Waals surface area contributed by atoms with Crippen LogP contribution in [0.1, 0.15) is 48.5 Å². The number of hydrogen-bond acceptors (Lipinski definition) is 6. The van der Waals surface area contributed by atoms with Crippen molar-refractivity contribution in [2.75, 3.05) is 23.7 Å². The molecule has 0 spiro atoms. The first-order valence-electron chi connectivity index (χ1n) is 9.36. The normalized spacial score (nSPS) is 17.0. The third-order valence-electron chi connectivity index (χ3n) is 4.70. The Kier molecular flexibility index (Phi) is 4.53. The van der Waals surface area contributed by atoms with Gasteiger partial charge in [0.2, 0.25) is 5.95 Å². The van der Waals surface area contributed by atoms with E-state index in [4.69, 9.17) is 14.4 Å². The molecular formula is C19H25N5O2. The standard InChI is InChI=1S/C19H25N5O2/c1-12(2)20-19-22-15-8-10-24(18(25)16-4-3-11-26-16)9-7-14(15)17(23-19)21-13-5-6-13/h3-4,11-13H,5-10H2,1-2H3,(H2,20,21,22,23). The molecule has 26 heavy (non-hydrogen) atoms. The molecule has 0 unspecified atom stereocenters. The monoisotopic (exact) mass is 355 g/mol. The van der Waals surface area contributed by atoms with Gasteiger partial charge in [-0.15, -0.1) is 0 Å². The molecule has 1 aliphatic carbocycles. The molecule has 0 bridgehead atoms. The van der Waals surface area contributed by atoms with Crippen LogP contribution in [0.25, 0.3) is 0 Å². The zero-order chi connectivity index (χ0) is 18.1. The van der Waals surface area contributed by atoms with Gasteiger partial charge in [-0.05, 0) is 45.2 Å². The number of rotatable bonds is 5. The van der Waals surface area contributed by atoms with Crippen LogP contribution in [0, 0.1) is 0 Å². The molecule has 1 saturated carbocycles. The van der Waals surface area contributed by atoms with Gasteiger partial charge in [-0.2, -0.15) is 4.98 Å². The summed E-state index contributed by atoms with van der Waals surface area (Å²) in [7, 11) is 0. The van der Waals surface area contributed by atoms with Crippen molar-refractivity contribution >= 4 is 17.7 Å². The summed E-state index contributed by atoms with van der Waals surface area (Å²) in [4.78, 5) is 23.9. The summed E-state index contributed by atoms with van der Waals surface area (Å²) in [6.45, 7) is 5.43. The molecule has 1 fully saturated rings. The molecule has 7 heteroatoms. The molecule has 1 amide bonds. The highest BCUT2D eigenvalue weighted by atomic mass is 16.3. The Morgan fingerprint density at radius 2 is 2.08 bits per heavy atom. The molecule has 0 aromatic carbocycles. The lowest BCUT2D eigenvalue weighted by molar-refractivity contribution is 0.0731. The minimum Gasteiger partial charge on any atom is -0.459 e. The van der Waals surface area contributed by atoms with Crippen LogP contribution in [-0.2, 0) is 12.8 Å². The Morgan fingerprint density at radius 1 is 1.27 bits per heavy atom. The molecule has 7 nitrogen and oxygen atoms in total. The van der Waals surface area contributed by atoms with Gasteiger partial charge >= 0.3 is 0 Å². The highest BCUT2D eigenvalue weighted by molar-refractivity contribution is 5.91. The number of fused-ring (bicyclic) bond motifs is 1. The van der Waals surface area contributed by atoms with E-state index in [2.05, 4.69) is 24.5 Å². The van der Waals surface area contributed by atoms with Crippen molar-refractivity contribution in [1.82, 2.24) is 14.9 Å². The van der Waals surface area contributed by atoms with E-state index in [-0.39, 0.29) is 11.9 Å². The quantitative estimate of drug-likeness (QED) is 0.858. The maximum Gasteiger partial charge on any atom is 0.289 e. The molecule has 3 heterocycles. The largest absolute Gasteiger partial charge is 0.459 e. The van der Waals surface area contributed by atoms with Crippen molar-refractivity contribution in [1.29, 1.82) is 0 Å². The summed E-state index contributed by atoms with van der Waals surface area (Å²) in [5.41, 5.74) is 2.17. The first-order valence-corrected chi connectivity index (χ1v) is 9.36. The minimum atomic E-state index is -0.0620. The molecule has 0 atom stereocenters. The summed E-state index contributed by atoms with van der Waals surface area (Å²) in [6.07, 6.45) is 5.38. The summed E-state index contributed by atoms with van der Waals surface area (Å²) < 4.78 is 5.27. The average Bonchev–Trinajstić information content (AvgIpc) is 3.29. The third-order valence-corrected chi connectivity index (χ3v) is 4.70. The molecule has 2 aliphatic rings. The van der Waals surface area contributed by atoms with E-state index < -0.39 is 0 Å². The van der Waals surface area contributed by atoms with E-state index in [1.165, 1.54) is 19.1 Å². The Hall–Kier alpha value is -2.57. The summed E-state index contributed by atoms with van der Waals surface area (Å²) in [5.74, 6) is 1.91. The lowest BCUT2D eigenvalue weighted by Gasteiger charge is -2.18. The fourth-order valence-electron chi connectivity index (χ4n) is 3.22. The van der Waals surface area contributed by atoms with Gasteiger partial charge in [-0.25, -0.2) is 4.98 Å². The topological polar surface area (TPSA) is 83.3 Å². The molecule has 2 aromatic rings. The van der Waals surface area contributed by atoms with Gasteiger partial charge in [0.05, 0.1) is 12.0 Å². The maximum absolute atomic E-state index is 12.6. The van der Waals surface area contributed by atoms with Gasteiger partial charge in [-0.1, -0.05) is 0 Å². The predicted octanol–water partition coefficient (Wildman–Crippen LogP) is 2.71. The second-order valence-electron chi connectivity index (χ2n) is 7.31. The van der Waals surface area contributed by atoms with Crippen LogP contribution >= 0.6 is 0 Å². The number of nitrogens with one attached hydrogen (secondary N) is 2. The number of carbonyl (C=O) groups excluding carboxylic acids is 1. The van der Waals surface area contributed by atoms with Gasteiger partial charge in [0, 0.05) is 37.2 Å². The average molecular weight is 355 g/mol. The highest BCUT2D eigenvalue weighted by Crippen LogP contribution is 2.29. The van der Waals surface area contributed by atoms with E-state index in [0.717, 1.165) is 29.9 Å². The SMILES string of the molecule is CC(C)Nc1nc2c(c(NC3CC3)n1)CCN(C(=O)c1ccco1)CC2. The van der Waals surface area contributed by atoms with Crippen molar-refractivity contribution in [3.8, 4) is 0 Å². The number of amides is 1. The molecule has 138 valence electrons. The predicted molar refractivity (Wildman–Crippen MR) is 99.5 cm³/mol. The van der Waals surface area contributed by atoms with Crippen LogP contribution in [0.5, 0.6) is 0 Å². The number of hydrogen-bond donors (Lipinski definition) is 2. The Balaban J connectivity index is 1.58. The lowest BCUT2D eigenvalue weighted by atomic mass is 10.1. The molecule has 0 radical (unpaired) electrons. The first-order chi connectivity index (χ1) is 12.6. The number of carbonyl (C=O) groups is 1. The Morgan fingerprint density at radius 3 is 2.77 bits per heavy atom. The molecule has 2 aromatic heterocycles. The zero-order valence-electron chi connectivity index (χ0n) is 15.3. The van der Waals surface area contributed by atoms with Crippen molar-refractivity contribution in [3.63, 3.8) is 0 Å². The summed E-state index contributed by atoms with van der Waals surface area (Å²) >= 11 is 0. The highest BCUT2D eigenvalue weighted by Gasteiger charge is 2.28. The van der Waals surface area contributed by atoms with Gasteiger partial charge in [0.15, 0.2) is 5.76 Å². The maximum atomic E-state index is 12.6. The summed E-state index contributed by atoms with van der Waals surface area (Å²) in [5, 5.41) is 6.85. The van der Waals surface area contributed by atoms with Crippen LogP contribution < -0.4 is 10.6 Å². The lowest BCUT2D eigenvalue weighted by Crippen LogP contribution is -2.33. The van der Waals surface area contributed by atoms with E-state index in [1.807, 2.05) is 4.90 Å².